The summed E-state index contributed by atoms with van der Waals surface area (Å²) in [7, 11) is 0. The minimum atomic E-state index is 1.19. The molecule has 0 bridgehead atoms. The molecular formula is C64H42. The summed E-state index contributed by atoms with van der Waals surface area (Å²) in [5, 5.41) is 10.0. The molecular weight excluding hydrogens is 769 g/mol. The van der Waals surface area contributed by atoms with Gasteiger partial charge >= 0.3 is 0 Å². The first-order chi connectivity index (χ1) is 31.8. The van der Waals surface area contributed by atoms with Gasteiger partial charge in [0.1, 0.15) is 0 Å². The van der Waals surface area contributed by atoms with Crippen LogP contribution in [0, 0.1) is 0 Å². The van der Waals surface area contributed by atoms with Crippen LogP contribution in [0.4, 0.5) is 0 Å². The molecule has 0 nitrogen and oxygen atoms in total. The molecule has 0 aliphatic carbocycles. The smallest absolute Gasteiger partial charge is 0.00259 e. The predicted molar refractivity (Wildman–Crippen MR) is 275 cm³/mol. The highest BCUT2D eigenvalue weighted by Crippen LogP contribution is 2.47. The van der Waals surface area contributed by atoms with Crippen LogP contribution in [-0.2, 0) is 0 Å². The van der Waals surface area contributed by atoms with Crippen LogP contribution in [-0.4, -0.2) is 0 Å². The Kier molecular flexibility index (Phi) is 9.28. The van der Waals surface area contributed by atoms with Gasteiger partial charge in [-0.3, -0.25) is 0 Å². The van der Waals surface area contributed by atoms with E-state index in [1.54, 1.807) is 0 Å². The van der Waals surface area contributed by atoms with Gasteiger partial charge in [0.05, 0.1) is 0 Å². The van der Waals surface area contributed by atoms with Crippen LogP contribution in [0.5, 0.6) is 0 Å². The highest BCUT2D eigenvalue weighted by molar-refractivity contribution is 6.23. The Morgan fingerprint density at radius 2 is 0.375 bits per heavy atom. The van der Waals surface area contributed by atoms with E-state index in [-0.39, 0.29) is 0 Å². The van der Waals surface area contributed by atoms with Gasteiger partial charge < -0.3 is 0 Å². The molecule has 0 atom stereocenters. The van der Waals surface area contributed by atoms with Crippen molar-refractivity contribution >= 4 is 43.1 Å². The van der Waals surface area contributed by atoms with Crippen LogP contribution >= 0.6 is 0 Å². The summed E-state index contributed by atoms with van der Waals surface area (Å²) in [4.78, 5) is 0. The summed E-state index contributed by atoms with van der Waals surface area (Å²) in [5.74, 6) is 0. The fraction of sp³-hybridized carbons (Fsp3) is 0. The average Bonchev–Trinajstić information content (AvgIpc) is 3.38. The second-order valence-electron chi connectivity index (χ2n) is 16.7. The quantitative estimate of drug-likeness (QED) is 0.141. The van der Waals surface area contributed by atoms with Crippen LogP contribution in [0.2, 0.25) is 0 Å². The maximum absolute atomic E-state index is 2.44. The van der Waals surface area contributed by atoms with Crippen molar-refractivity contribution in [1.82, 2.24) is 0 Å². The highest BCUT2D eigenvalue weighted by Gasteiger charge is 2.20. The number of fused-ring (bicyclic) bond motifs is 4. The zero-order valence-corrected chi connectivity index (χ0v) is 35.2. The zero-order chi connectivity index (χ0) is 42.4. The minimum Gasteiger partial charge on any atom is -0.0622 e. The Hall–Kier alpha value is -8.32. The van der Waals surface area contributed by atoms with Crippen molar-refractivity contribution in [2.45, 2.75) is 0 Å². The van der Waals surface area contributed by atoms with Gasteiger partial charge in [-0.1, -0.05) is 237 Å². The van der Waals surface area contributed by atoms with E-state index >= 15 is 0 Å². The third-order valence-electron chi connectivity index (χ3n) is 13.0. The minimum absolute atomic E-state index is 1.19. The second kappa shape index (κ2) is 15.9. The third kappa shape index (κ3) is 6.48. The molecule has 0 aromatic heterocycles. The normalized spacial score (nSPS) is 11.4. The SMILES string of the molecule is c1ccc(-c2cccc(-c3c4ccccc4c(-c4cccc(-c5ccccc5)c4)c4cc(-c5ccc(-c6c7ccccc7c(-c7ccccc7)c7ccccc67)cc5)ccc34)c2)cc1. The van der Waals surface area contributed by atoms with E-state index in [2.05, 4.69) is 255 Å². The predicted octanol–water partition coefficient (Wildman–Crippen LogP) is 18.0. The largest absolute Gasteiger partial charge is 0.0622 e. The van der Waals surface area contributed by atoms with Gasteiger partial charge in [0.2, 0.25) is 0 Å². The first-order valence-electron chi connectivity index (χ1n) is 22.2. The topological polar surface area (TPSA) is 0 Å². The molecule has 0 spiro atoms. The number of rotatable bonds is 7. The van der Waals surface area contributed by atoms with E-state index < -0.39 is 0 Å². The summed E-state index contributed by atoms with van der Waals surface area (Å²) in [5.41, 5.74) is 17.1. The monoisotopic (exact) mass is 810 g/mol. The number of hydrogen-bond donors (Lipinski definition) is 0. The summed E-state index contributed by atoms with van der Waals surface area (Å²) in [6.07, 6.45) is 0. The molecule has 0 heterocycles. The van der Waals surface area contributed by atoms with Gasteiger partial charge in [-0.15, -0.1) is 0 Å². The molecule has 64 heavy (non-hydrogen) atoms. The zero-order valence-electron chi connectivity index (χ0n) is 35.2. The molecule has 0 amide bonds. The van der Waals surface area contributed by atoms with E-state index in [0.29, 0.717) is 0 Å². The van der Waals surface area contributed by atoms with Gasteiger partial charge in [0, 0.05) is 0 Å². The second-order valence-corrected chi connectivity index (χ2v) is 16.7. The van der Waals surface area contributed by atoms with Gasteiger partial charge in [-0.25, -0.2) is 0 Å². The first kappa shape index (κ1) is 37.4. The van der Waals surface area contributed by atoms with Crippen molar-refractivity contribution in [3.63, 3.8) is 0 Å². The lowest BCUT2D eigenvalue weighted by molar-refractivity contribution is 1.60. The standard InChI is InChI=1S/C64H42/c1-4-18-43(19-5-1)48-24-16-26-51(40-48)63-57-32-14-15-33-58(57)64(52-27-17-25-49(41-52)44-20-6-2-7-21-44)60-42-50(38-39-59(60)63)45-34-36-47(37-35-45)62-55-30-12-10-28-53(55)61(46-22-8-3-9-23-46)54-29-11-13-31-56(54)62/h1-42H. The first-order valence-corrected chi connectivity index (χ1v) is 22.2. The van der Waals surface area contributed by atoms with E-state index in [9.17, 15) is 0 Å². The van der Waals surface area contributed by atoms with Crippen LogP contribution in [0.1, 0.15) is 0 Å². The fourth-order valence-corrected chi connectivity index (χ4v) is 10.1. The Bertz CT molecular complexity index is 3620. The molecule has 0 heteroatoms. The Labute approximate surface area is 374 Å². The maximum atomic E-state index is 2.44. The molecule has 0 aliphatic heterocycles. The molecule has 0 saturated carbocycles. The Balaban J connectivity index is 1.06. The molecule has 0 radical (unpaired) electrons. The lowest BCUT2D eigenvalue weighted by Gasteiger charge is -2.20. The van der Waals surface area contributed by atoms with Crippen molar-refractivity contribution in [3.8, 4) is 77.9 Å². The van der Waals surface area contributed by atoms with Crippen molar-refractivity contribution in [2.24, 2.45) is 0 Å². The summed E-state index contributed by atoms with van der Waals surface area (Å²) in [6.45, 7) is 0. The summed E-state index contributed by atoms with van der Waals surface area (Å²) in [6, 6.07) is 93.5. The van der Waals surface area contributed by atoms with Crippen molar-refractivity contribution < 1.29 is 0 Å². The Morgan fingerprint density at radius 1 is 0.125 bits per heavy atom. The summed E-state index contributed by atoms with van der Waals surface area (Å²) < 4.78 is 0. The van der Waals surface area contributed by atoms with Crippen LogP contribution in [0.15, 0.2) is 255 Å². The lowest BCUT2D eigenvalue weighted by atomic mass is 9.83. The van der Waals surface area contributed by atoms with E-state index in [4.69, 9.17) is 0 Å². The van der Waals surface area contributed by atoms with E-state index in [0.717, 1.165) is 0 Å². The van der Waals surface area contributed by atoms with Gasteiger partial charge in [-0.05, 0) is 139 Å². The number of hydrogen-bond acceptors (Lipinski definition) is 0. The lowest BCUT2D eigenvalue weighted by Crippen LogP contribution is -1.93. The molecule has 0 saturated heterocycles. The average molecular weight is 811 g/mol. The van der Waals surface area contributed by atoms with Crippen molar-refractivity contribution in [3.05, 3.63) is 255 Å². The summed E-state index contributed by atoms with van der Waals surface area (Å²) >= 11 is 0. The molecule has 12 rings (SSSR count). The van der Waals surface area contributed by atoms with Crippen LogP contribution < -0.4 is 0 Å². The molecule has 0 aliphatic rings. The van der Waals surface area contributed by atoms with E-state index in [1.807, 2.05) is 0 Å². The molecule has 12 aromatic carbocycles. The molecule has 0 N–H and O–H groups in total. The van der Waals surface area contributed by atoms with Crippen LogP contribution in [0.25, 0.3) is 121 Å². The molecule has 298 valence electrons. The fourth-order valence-electron chi connectivity index (χ4n) is 10.1. The van der Waals surface area contributed by atoms with E-state index in [1.165, 1.54) is 121 Å². The van der Waals surface area contributed by atoms with Gasteiger partial charge in [-0.2, -0.15) is 0 Å². The number of benzene rings is 12. The van der Waals surface area contributed by atoms with Gasteiger partial charge in [0.15, 0.2) is 0 Å². The van der Waals surface area contributed by atoms with Crippen molar-refractivity contribution in [1.29, 1.82) is 0 Å². The molecule has 0 fully saturated rings. The van der Waals surface area contributed by atoms with Gasteiger partial charge in [0.25, 0.3) is 0 Å². The highest BCUT2D eigenvalue weighted by atomic mass is 14.2. The maximum Gasteiger partial charge on any atom is -0.00259 e. The molecule has 0 unspecified atom stereocenters. The van der Waals surface area contributed by atoms with Crippen LogP contribution in [0.3, 0.4) is 0 Å². The Morgan fingerprint density at radius 3 is 0.812 bits per heavy atom. The third-order valence-corrected chi connectivity index (χ3v) is 13.0. The molecule has 12 aromatic rings. The van der Waals surface area contributed by atoms with Crippen molar-refractivity contribution in [2.75, 3.05) is 0 Å².